The number of unbranched alkanes of at least 4 members (excludes halogenated alkanes) is 1. The van der Waals surface area contributed by atoms with Crippen molar-refractivity contribution < 1.29 is 9.59 Å². The van der Waals surface area contributed by atoms with Gasteiger partial charge in [-0.25, -0.2) is 0 Å². The van der Waals surface area contributed by atoms with Crippen LogP contribution in [0.25, 0.3) is 0 Å². The lowest BCUT2D eigenvalue weighted by Gasteiger charge is -2.02. The van der Waals surface area contributed by atoms with E-state index in [0.29, 0.717) is 11.1 Å². The van der Waals surface area contributed by atoms with Crippen molar-refractivity contribution in [2.75, 3.05) is 0 Å². The third-order valence-electron chi connectivity index (χ3n) is 2.82. The highest BCUT2D eigenvalue weighted by atomic mass is 16.2. The molecule has 78 valence electrons. The van der Waals surface area contributed by atoms with E-state index < -0.39 is 0 Å². The van der Waals surface area contributed by atoms with Crippen LogP contribution >= 0.6 is 0 Å². The zero-order chi connectivity index (χ0) is 10.8. The first kappa shape index (κ1) is 10.1. The molecule has 1 aromatic carbocycles. The van der Waals surface area contributed by atoms with Crippen LogP contribution in [0, 0.1) is 0 Å². The van der Waals surface area contributed by atoms with E-state index in [-0.39, 0.29) is 18.0 Å². The van der Waals surface area contributed by atoms with E-state index >= 15 is 0 Å². The van der Waals surface area contributed by atoms with Gasteiger partial charge in [0, 0.05) is 11.1 Å². The number of rotatable bonds is 3. The Morgan fingerprint density at radius 3 is 2.60 bits per heavy atom. The van der Waals surface area contributed by atoms with Gasteiger partial charge in [0.25, 0.3) is 0 Å². The summed E-state index contributed by atoms with van der Waals surface area (Å²) in [7, 11) is 0. The van der Waals surface area contributed by atoms with Gasteiger partial charge < -0.3 is 0 Å². The van der Waals surface area contributed by atoms with Gasteiger partial charge in [0.15, 0.2) is 11.6 Å². The fraction of sp³-hybridized carbons (Fsp3) is 0.385. The van der Waals surface area contributed by atoms with E-state index in [2.05, 4.69) is 6.92 Å². The summed E-state index contributed by atoms with van der Waals surface area (Å²) >= 11 is 0. The molecule has 0 spiro atoms. The largest absolute Gasteiger partial charge is 0.294 e. The second-order valence-electron chi connectivity index (χ2n) is 4.01. The average molecular weight is 202 g/mol. The molecule has 0 saturated heterocycles. The molecule has 2 rings (SSSR count). The zero-order valence-electron chi connectivity index (χ0n) is 8.88. The molecule has 2 nitrogen and oxygen atoms in total. The van der Waals surface area contributed by atoms with Gasteiger partial charge in [0.1, 0.15) is 0 Å². The first-order valence-corrected chi connectivity index (χ1v) is 5.41. The number of carbonyl (C=O) groups excluding carboxylic acids is 2. The van der Waals surface area contributed by atoms with Crippen molar-refractivity contribution in [2.45, 2.75) is 32.6 Å². The number of ketones is 2. The third-order valence-corrected chi connectivity index (χ3v) is 2.82. The van der Waals surface area contributed by atoms with E-state index in [1.165, 1.54) is 5.56 Å². The summed E-state index contributed by atoms with van der Waals surface area (Å²) in [5.74, 6) is -0.0506. The number of hydrogen-bond acceptors (Lipinski definition) is 2. The lowest BCUT2D eigenvalue weighted by atomic mass is 10.0. The molecule has 0 saturated carbocycles. The van der Waals surface area contributed by atoms with E-state index in [9.17, 15) is 9.59 Å². The van der Waals surface area contributed by atoms with Crippen molar-refractivity contribution in [3.05, 3.63) is 34.9 Å². The van der Waals surface area contributed by atoms with Gasteiger partial charge in [0.2, 0.25) is 0 Å². The average Bonchev–Trinajstić information content (AvgIpc) is 2.52. The monoisotopic (exact) mass is 202 g/mol. The van der Waals surface area contributed by atoms with Crippen LogP contribution in [0.5, 0.6) is 0 Å². The first-order chi connectivity index (χ1) is 7.22. The van der Waals surface area contributed by atoms with Crippen LogP contribution in [0.1, 0.15) is 52.5 Å². The smallest absolute Gasteiger partial charge is 0.171 e. The Kier molecular flexibility index (Phi) is 2.67. The summed E-state index contributed by atoms with van der Waals surface area (Å²) in [6.45, 7) is 2.14. The maximum atomic E-state index is 11.5. The predicted octanol–water partition coefficient (Wildman–Crippen LogP) is 2.80. The van der Waals surface area contributed by atoms with Gasteiger partial charge in [-0.2, -0.15) is 0 Å². The van der Waals surface area contributed by atoms with E-state index in [1.807, 2.05) is 12.1 Å². The molecular weight excluding hydrogens is 188 g/mol. The van der Waals surface area contributed by atoms with Gasteiger partial charge in [-0.15, -0.1) is 0 Å². The Labute approximate surface area is 89.3 Å². The molecule has 0 fully saturated rings. The van der Waals surface area contributed by atoms with Gasteiger partial charge in [-0.3, -0.25) is 9.59 Å². The van der Waals surface area contributed by atoms with E-state index in [4.69, 9.17) is 0 Å². The van der Waals surface area contributed by atoms with Crippen molar-refractivity contribution in [2.24, 2.45) is 0 Å². The van der Waals surface area contributed by atoms with Crippen LogP contribution in [0.3, 0.4) is 0 Å². The summed E-state index contributed by atoms with van der Waals surface area (Å²) in [4.78, 5) is 22.9. The highest BCUT2D eigenvalue weighted by Gasteiger charge is 2.26. The standard InChI is InChI=1S/C13H14O2/c1-2-3-4-9-5-6-10-11(7-9)13(15)8-12(10)14/h5-7H,2-4,8H2,1H3. The van der Waals surface area contributed by atoms with Crippen molar-refractivity contribution in [1.29, 1.82) is 0 Å². The molecular formula is C13H14O2. The SMILES string of the molecule is CCCCc1ccc2c(c1)C(=O)CC2=O. The fourth-order valence-electron chi connectivity index (χ4n) is 1.94. The predicted molar refractivity (Wildman–Crippen MR) is 58.3 cm³/mol. The molecule has 0 atom stereocenters. The Morgan fingerprint density at radius 2 is 1.87 bits per heavy atom. The van der Waals surface area contributed by atoms with Crippen molar-refractivity contribution in [1.82, 2.24) is 0 Å². The lowest BCUT2D eigenvalue weighted by Crippen LogP contribution is -1.94. The number of aryl methyl sites for hydroxylation is 1. The molecule has 0 amide bonds. The van der Waals surface area contributed by atoms with Crippen LogP contribution in [0.2, 0.25) is 0 Å². The summed E-state index contributed by atoms with van der Waals surface area (Å²) in [5.41, 5.74) is 2.41. The molecule has 1 aliphatic carbocycles. The Bertz CT molecular complexity index is 419. The normalized spacial score (nSPS) is 14.5. The Morgan fingerprint density at radius 1 is 1.13 bits per heavy atom. The molecule has 0 heterocycles. The van der Waals surface area contributed by atoms with E-state index in [0.717, 1.165) is 19.3 Å². The molecule has 0 unspecified atom stereocenters. The topological polar surface area (TPSA) is 34.1 Å². The van der Waals surface area contributed by atoms with Crippen LogP contribution in [0.15, 0.2) is 18.2 Å². The number of benzene rings is 1. The van der Waals surface area contributed by atoms with Gasteiger partial charge in [-0.1, -0.05) is 25.5 Å². The van der Waals surface area contributed by atoms with Crippen LogP contribution in [-0.2, 0) is 6.42 Å². The van der Waals surface area contributed by atoms with Crippen LogP contribution in [-0.4, -0.2) is 11.6 Å². The molecule has 0 bridgehead atoms. The minimum absolute atomic E-state index is 0.0200. The fourth-order valence-corrected chi connectivity index (χ4v) is 1.94. The zero-order valence-corrected chi connectivity index (χ0v) is 8.88. The number of hydrogen-bond donors (Lipinski definition) is 0. The minimum Gasteiger partial charge on any atom is -0.294 e. The summed E-state index contributed by atoms with van der Waals surface area (Å²) < 4.78 is 0. The molecule has 0 aliphatic heterocycles. The highest BCUT2D eigenvalue weighted by molar-refractivity contribution is 6.24. The van der Waals surface area contributed by atoms with Crippen molar-refractivity contribution >= 4 is 11.6 Å². The molecule has 1 aliphatic rings. The summed E-state index contributed by atoms with van der Waals surface area (Å²) in [6.07, 6.45) is 3.32. The molecule has 0 radical (unpaired) electrons. The Hall–Kier alpha value is -1.44. The number of Topliss-reactive ketones (excluding diaryl/α,β-unsaturated/α-hetero) is 2. The Balaban J connectivity index is 2.30. The molecule has 1 aromatic rings. The van der Waals surface area contributed by atoms with Crippen molar-refractivity contribution in [3.63, 3.8) is 0 Å². The quantitative estimate of drug-likeness (QED) is 0.706. The van der Waals surface area contributed by atoms with Crippen molar-refractivity contribution in [3.8, 4) is 0 Å². The van der Waals surface area contributed by atoms with Crippen LogP contribution < -0.4 is 0 Å². The van der Waals surface area contributed by atoms with Crippen LogP contribution in [0.4, 0.5) is 0 Å². The number of fused-ring (bicyclic) bond motifs is 1. The summed E-state index contributed by atoms with van der Waals surface area (Å²) in [6, 6.07) is 5.65. The number of carbonyl (C=O) groups is 2. The molecule has 15 heavy (non-hydrogen) atoms. The lowest BCUT2D eigenvalue weighted by molar-refractivity contribution is 0.0923. The highest BCUT2D eigenvalue weighted by Crippen LogP contribution is 2.23. The molecule has 2 heteroatoms. The second kappa shape index (κ2) is 3.97. The summed E-state index contributed by atoms with van der Waals surface area (Å²) in [5, 5.41) is 0. The van der Waals surface area contributed by atoms with E-state index in [1.54, 1.807) is 6.07 Å². The third kappa shape index (κ3) is 1.84. The maximum absolute atomic E-state index is 11.5. The van der Waals surface area contributed by atoms with Gasteiger partial charge in [0.05, 0.1) is 6.42 Å². The molecule has 0 aromatic heterocycles. The molecule has 0 N–H and O–H groups in total. The van der Waals surface area contributed by atoms with Gasteiger partial charge in [-0.05, 0) is 24.5 Å². The maximum Gasteiger partial charge on any atom is 0.171 e. The minimum atomic E-state index is -0.0305. The second-order valence-corrected chi connectivity index (χ2v) is 4.01. The first-order valence-electron chi connectivity index (χ1n) is 5.41. The van der Waals surface area contributed by atoms with Gasteiger partial charge >= 0.3 is 0 Å².